The Morgan fingerprint density at radius 3 is 2.81 bits per heavy atom. The van der Waals surface area contributed by atoms with Crippen LogP contribution in [0.1, 0.15) is 42.2 Å². The number of hydrogen-bond donors (Lipinski definition) is 2. The van der Waals surface area contributed by atoms with Crippen LogP contribution in [0.25, 0.3) is 0 Å². The molecule has 1 fully saturated rings. The summed E-state index contributed by atoms with van der Waals surface area (Å²) < 4.78 is 0. The Balaban J connectivity index is 1.87. The van der Waals surface area contributed by atoms with Crippen molar-refractivity contribution in [2.24, 2.45) is 5.92 Å². The lowest BCUT2D eigenvalue weighted by Crippen LogP contribution is -2.43. The maximum atomic E-state index is 12.1. The number of carbonyl (C=O) groups is 2. The molecule has 0 saturated heterocycles. The van der Waals surface area contributed by atoms with Gasteiger partial charge in [-0.1, -0.05) is 6.42 Å². The first-order valence-electron chi connectivity index (χ1n) is 7.31. The van der Waals surface area contributed by atoms with Crippen LogP contribution in [0.2, 0.25) is 0 Å². The fraction of sp³-hybridized carbons (Fsp3) is 0.533. The number of urea groups is 1. The summed E-state index contributed by atoms with van der Waals surface area (Å²) in [5, 5.41) is 11.7. The second-order valence-corrected chi connectivity index (χ2v) is 5.34. The molecule has 1 aromatic heterocycles. The standard InChI is InChI=1S/C15H21N3O3/c1-2-18(10-11-4-3-5-11)15(21)17-9-13-8-12(14(19)20)6-7-16-13/h6-8,11H,2-5,9-10H2,1H3,(H,17,21)(H,19,20). The fourth-order valence-electron chi connectivity index (χ4n) is 2.33. The van der Waals surface area contributed by atoms with Crippen LogP contribution in [0.5, 0.6) is 0 Å². The van der Waals surface area contributed by atoms with Crippen LogP contribution >= 0.6 is 0 Å². The van der Waals surface area contributed by atoms with E-state index in [1.807, 2.05) is 6.92 Å². The number of aromatic nitrogens is 1. The molecule has 0 aliphatic heterocycles. The van der Waals surface area contributed by atoms with E-state index in [1.54, 1.807) is 4.90 Å². The molecule has 0 atom stereocenters. The summed E-state index contributed by atoms with van der Waals surface area (Å²) in [6.45, 7) is 3.67. The van der Waals surface area contributed by atoms with E-state index < -0.39 is 5.97 Å². The maximum absolute atomic E-state index is 12.1. The summed E-state index contributed by atoms with van der Waals surface area (Å²) in [6, 6.07) is 2.79. The van der Waals surface area contributed by atoms with Gasteiger partial charge in [0.2, 0.25) is 0 Å². The Morgan fingerprint density at radius 1 is 1.48 bits per heavy atom. The summed E-state index contributed by atoms with van der Waals surface area (Å²) in [6.07, 6.45) is 5.10. The molecule has 1 saturated carbocycles. The van der Waals surface area contributed by atoms with E-state index in [-0.39, 0.29) is 18.1 Å². The van der Waals surface area contributed by atoms with Crippen molar-refractivity contribution in [2.45, 2.75) is 32.7 Å². The topological polar surface area (TPSA) is 82.5 Å². The van der Waals surface area contributed by atoms with Crippen molar-refractivity contribution in [2.75, 3.05) is 13.1 Å². The van der Waals surface area contributed by atoms with Crippen LogP contribution in [0.4, 0.5) is 4.79 Å². The summed E-state index contributed by atoms with van der Waals surface area (Å²) in [5.74, 6) is -0.366. The summed E-state index contributed by atoms with van der Waals surface area (Å²) >= 11 is 0. The normalized spacial score (nSPS) is 14.3. The van der Waals surface area contributed by atoms with Crippen LogP contribution in [0.15, 0.2) is 18.3 Å². The van der Waals surface area contributed by atoms with Crippen molar-refractivity contribution >= 4 is 12.0 Å². The third-order valence-electron chi connectivity index (χ3n) is 3.86. The highest BCUT2D eigenvalue weighted by Gasteiger charge is 2.22. The Hall–Kier alpha value is -2.11. The SMILES string of the molecule is CCN(CC1CCC1)C(=O)NCc1cc(C(=O)O)ccn1. The fourth-order valence-corrected chi connectivity index (χ4v) is 2.33. The molecule has 2 rings (SSSR count). The van der Waals surface area contributed by atoms with Crippen molar-refractivity contribution in [1.82, 2.24) is 15.2 Å². The molecule has 1 aromatic rings. The quantitative estimate of drug-likeness (QED) is 0.841. The summed E-state index contributed by atoms with van der Waals surface area (Å²) in [7, 11) is 0. The molecule has 114 valence electrons. The van der Waals surface area contributed by atoms with E-state index >= 15 is 0 Å². The first kappa shape index (κ1) is 15.3. The highest BCUT2D eigenvalue weighted by atomic mass is 16.4. The lowest BCUT2D eigenvalue weighted by molar-refractivity contribution is 0.0696. The molecule has 0 radical (unpaired) electrons. The first-order chi connectivity index (χ1) is 10.1. The van der Waals surface area contributed by atoms with Gasteiger partial charge in [-0.25, -0.2) is 9.59 Å². The average molecular weight is 291 g/mol. The number of hydrogen-bond acceptors (Lipinski definition) is 3. The van der Waals surface area contributed by atoms with Gasteiger partial charge in [0, 0.05) is 19.3 Å². The molecule has 6 heteroatoms. The number of amides is 2. The number of carboxylic acids is 1. The molecule has 2 amide bonds. The Morgan fingerprint density at radius 2 is 2.24 bits per heavy atom. The molecule has 0 spiro atoms. The van der Waals surface area contributed by atoms with E-state index in [9.17, 15) is 9.59 Å². The second kappa shape index (κ2) is 7.06. The van der Waals surface area contributed by atoms with Crippen LogP contribution in [0, 0.1) is 5.92 Å². The first-order valence-corrected chi connectivity index (χ1v) is 7.31. The lowest BCUT2D eigenvalue weighted by Gasteiger charge is -2.31. The minimum Gasteiger partial charge on any atom is -0.478 e. The molecule has 0 aromatic carbocycles. The zero-order valence-corrected chi connectivity index (χ0v) is 12.2. The third-order valence-corrected chi connectivity index (χ3v) is 3.86. The Labute approximate surface area is 124 Å². The van der Waals surface area contributed by atoms with E-state index in [0.29, 0.717) is 18.2 Å². The highest BCUT2D eigenvalue weighted by molar-refractivity contribution is 5.87. The van der Waals surface area contributed by atoms with Gasteiger partial charge < -0.3 is 15.3 Å². The predicted octanol–water partition coefficient (Wildman–Crippen LogP) is 2.11. The van der Waals surface area contributed by atoms with Crippen LogP contribution in [0.3, 0.4) is 0 Å². The molecule has 0 unspecified atom stereocenters. The monoisotopic (exact) mass is 291 g/mol. The van der Waals surface area contributed by atoms with Gasteiger partial charge in [0.25, 0.3) is 0 Å². The van der Waals surface area contributed by atoms with Gasteiger partial charge in [0.1, 0.15) is 0 Å². The molecule has 2 N–H and O–H groups in total. The zero-order chi connectivity index (χ0) is 15.2. The van der Waals surface area contributed by atoms with E-state index in [1.165, 1.54) is 37.6 Å². The predicted molar refractivity (Wildman–Crippen MR) is 78.0 cm³/mol. The molecule has 6 nitrogen and oxygen atoms in total. The van der Waals surface area contributed by atoms with Gasteiger partial charge in [-0.05, 0) is 37.8 Å². The van der Waals surface area contributed by atoms with Gasteiger partial charge in [-0.2, -0.15) is 0 Å². The number of rotatable bonds is 6. The minimum absolute atomic E-state index is 0.119. The third kappa shape index (κ3) is 4.18. The molecule has 1 heterocycles. The van der Waals surface area contributed by atoms with Crippen LogP contribution in [-0.4, -0.2) is 40.1 Å². The van der Waals surface area contributed by atoms with Gasteiger partial charge >= 0.3 is 12.0 Å². The molecular formula is C15H21N3O3. The van der Waals surface area contributed by atoms with Crippen molar-refractivity contribution in [3.8, 4) is 0 Å². The number of aromatic carboxylic acids is 1. The van der Waals surface area contributed by atoms with E-state index in [4.69, 9.17) is 5.11 Å². The number of pyridine rings is 1. The van der Waals surface area contributed by atoms with Gasteiger partial charge in [0.15, 0.2) is 0 Å². The molecule has 1 aliphatic rings. The molecular weight excluding hydrogens is 270 g/mol. The number of nitrogens with zero attached hydrogens (tertiary/aromatic N) is 2. The minimum atomic E-state index is -0.995. The molecule has 0 bridgehead atoms. The average Bonchev–Trinajstić information content (AvgIpc) is 2.44. The van der Waals surface area contributed by atoms with E-state index in [0.717, 1.165) is 6.54 Å². The largest absolute Gasteiger partial charge is 0.478 e. The maximum Gasteiger partial charge on any atom is 0.335 e. The summed E-state index contributed by atoms with van der Waals surface area (Å²) in [4.78, 5) is 28.9. The molecule has 21 heavy (non-hydrogen) atoms. The van der Waals surface area contributed by atoms with Crippen molar-refractivity contribution in [3.63, 3.8) is 0 Å². The van der Waals surface area contributed by atoms with E-state index in [2.05, 4.69) is 10.3 Å². The van der Waals surface area contributed by atoms with Crippen LogP contribution in [-0.2, 0) is 6.54 Å². The second-order valence-electron chi connectivity index (χ2n) is 5.34. The Bertz CT molecular complexity index is 515. The number of carboxylic acid groups (broad SMARTS) is 1. The smallest absolute Gasteiger partial charge is 0.335 e. The van der Waals surface area contributed by atoms with Gasteiger partial charge in [-0.3, -0.25) is 4.98 Å². The Kier molecular flexibility index (Phi) is 5.14. The summed E-state index contributed by atoms with van der Waals surface area (Å²) in [5.41, 5.74) is 0.721. The van der Waals surface area contributed by atoms with Crippen molar-refractivity contribution in [3.05, 3.63) is 29.6 Å². The number of carbonyl (C=O) groups excluding carboxylic acids is 1. The lowest BCUT2D eigenvalue weighted by atomic mass is 9.85. The molecule has 1 aliphatic carbocycles. The van der Waals surface area contributed by atoms with Gasteiger partial charge in [-0.15, -0.1) is 0 Å². The number of nitrogens with one attached hydrogen (secondary N) is 1. The van der Waals surface area contributed by atoms with Gasteiger partial charge in [0.05, 0.1) is 17.8 Å². The van der Waals surface area contributed by atoms with Crippen LogP contribution < -0.4 is 5.32 Å². The highest BCUT2D eigenvalue weighted by Crippen LogP contribution is 2.26. The zero-order valence-electron chi connectivity index (χ0n) is 12.2. The van der Waals surface area contributed by atoms with Crippen molar-refractivity contribution in [1.29, 1.82) is 0 Å². The van der Waals surface area contributed by atoms with Crippen molar-refractivity contribution < 1.29 is 14.7 Å².